The Bertz CT molecular complexity index is 189. The van der Waals surface area contributed by atoms with Crippen LogP contribution < -0.4 is 5.73 Å². The summed E-state index contributed by atoms with van der Waals surface area (Å²) in [5, 5.41) is 0. The Morgan fingerprint density at radius 3 is 2.67 bits per heavy atom. The maximum Gasteiger partial charge on any atom is 0.0218 e. The molecular formula is C12H25N3. The largest absolute Gasteiger partial charge is 0.329 e. The monoisotopic (exact) mass is 211 g/mol. The molecule has 0 radical (unpaired) electrons. The molecule has 2 saturated heterocycles. The summed E-state index contributed by atoms with van der Waals surface area (Å²) in [4.78, 5) is 5.06. The van der Waals surface area contributed by atoms with Crippen LogP contribution in [0.2, 0.25) is 0 Å². The number of hydrogen-bond acceptors (Lipinski definition) is 3. The second-order valence-electron chi connectivity index (χ2n) is 5.32. The summed E-state index contributed by atoms with van der Waals surface area (Å²) < 4.78 is 0. The SMILES string of the molecule is CN1CC(CN2CCCCCC2CN)C1. The van der Waals surface area contributed by atoms with Crippen molar-refractivity contribution in [1.82, 2.24) is 9.80 Å². The minimum atomic E-state index is 0.665. The summed E-state index contributed by atoms with van der Waals surface area (Å²) in [6, 6.07) is 0.665. The third-order valence-electron chi connectivity index (χ3n) is 3.90. The number of nitrogens with two attached hydrogens (primary N) is 1. The molecule has 0 spiro atoms. The molecule has 3 nitrogen and oxygen atoms in total. The summed E-state index contributed by atoms with van der Waals surface area (Å²) >= 11 is 0. The fourth-order valence-electron chi connectivity index (χ4n) is 3.02. The summed E-state index contributed by atoms with van der Waals surface area (Å²) in [5.41, 5.74) is 5.87. The molecule has 2 heterocycles. The molecule has 0 aliphatic carbocycles. The lowest BCUT2D eigenvalue weighted by Gasteiger charge is -2.41. The van der Waals surface area contributed by atoms with Crippen LogP contribution in [0.25, 0.3) is 0 Å². The van der Waals surface area contributed by atoms with E-state index in [1.807, 2.05) is 0 Å². The van der Waals surface area contributed by atoms with Crippen LogP contribution in [-0.2, 0) is 0 Å². The number of likely N-dealkylation sites (tertiary alicyclic amines) is 2. The first-order valence-corrected chi connectivity index (χ1v) is 6.42. The van der Waals surface area contributed by atoms with Gasteiger partial charge in [-0.25, -0.2) is 0 Å². The first kappa shape index (κ1) is 11.4. The van der Waals surface area contributed by atoms with Gasteiger partial charge in [-0.2, -0.15) is 0 Å². The fraction of sp³-hybridized carbons (Fsp3) is 1.00. The van der Waals surface area contributed by atoms with Gasteiger partial charge in [0.2, 0.25) is 0 Å². The second-order valence-corrected chi connectivity index (χ2v) is 5.32. The normalized spacial score (nSPS) is 31.2. The standard InChI is InChI=1S/C12H25N3/c1-14-8-11(9-14)10-15-6-4-2-3-5-12(15)7-13/h11-12H,2-10,13H2,1H3. The van der Waals surface area contributed by atoms with Gasteiger partial charge in [0.15, 0.2) is 0 Å². The van der Waals surface area contributed by atoms with E-state index >= 15 is 0 Å². The van der Waals surface area contributed by atoms with Crippen LogP contribution in [0.4, 0.5) is 0 Å². The molecule has 2 fully saturated rings. The fourth-order valence-corrected chi connectivity index (χ4v) is 3.02. The van der Waals surface area contributed by atoms with Crippen molar-refractivity contribution in [3.63, 3.8) is 0 Å². The van der Waals surface area contributed by atoms with E-state index in [1.54, 1.807) is 0 Å². The molecule has 88 valence electrons. The predicted octanol–water partition coefficient (Wildman–Crippen LogP) is 0.751. The van der Waals surface area contributed by atoms with Crippen molar-refractivity contribution in [3.05, 3.63) is 0 Å². The first-order valence-electron chi connectivity index (χ1n) is 6.42. The molecule has 2 aliphatic heterocycles. The predicted molar refractivity (Wildman–Crippen MR) is 63.9 cm³/mol. The van der Waals surface area contributed by atoms with Gasteiger partial charge in [0, 0.05) is 32.2 Å². The minimum Gasteiger partial charge on any atom is -0.329 e. The molecule has 0 bridgehead atoms. The van der Waals surface area contributed by atoms with Crippen molar-refractivity contribution in [3.8, 4) is 0 Å². The van der Waals surface area contributed by atoms with E-state index in [-0.39, 0.29) is 0 Å². The molecule has 0 saturated carbocycles. The van der Waals surface area contributed by atoms with Crippen molar-refractivity contribution in [2.75, 3.05) is 39.8 Å². The summed E-state index contributed by atoms with van der Waals surface area (Å²) in [5.74, 6) is 0.905. The quantitative estimate of drug-likeness (QED) is 0.748. The highest BCUT2D eigenvalue weighted by atomic mass is 15.2. The summed E-state index contributed by atoms with van der Waals surface area (Å²) in [7, 11) is 2.21. The second kappa shape index (κ2) is 5.28. The van der Waals surface area contributed by atoms with Gasteiger partial charge < -0.3 is 10.6 Å². The van der Waals surface area contributed by atoms with Gasteiger partial charge in [-0.3, -0.25) is 4.90 Å². The lowest BCUT2D eigenvalue weighted by molar-refractivity contribution is 0.0740. The van der Waals surface area contributed by atoms with E-state index in [2.05, 4.69) is 16.8 Å². The van der Waals surface area contributed by atoms with E-state index in [1.165, 1.54) is 51.9 Å². The topological polar surface area (TPSA) is 32.5 Å². The Kier molecular flexibility index (Phi) is 4.00. The van der Waals surface area contributed by atoms with Gasteiger partial charge in [-0.1, -0.05) is 12.8 Å². The van der Waals surface area contributed by atoms with E-state index in [4.69, 9.17) is 5.73 Å². The van der Waals surface area contributed by atoms with Crippen molar-refractivity contribution >= 4 is 0 Å². The van der Waals surface area contributed by atoms with Crippen LogP contribution in [0, 0.1) is 5.92 Å². The molecule has 2 N–H and O–H groups in total. The summed E-state index contributed by atoms with van der Waals surface area (Å²) in [6.45, 7) is 5.98. The van der Waals surface area contributed by atoms with Crippen LogP contribution in [-0.4, -0.2) is 55.6 Å². The van der Waals surface area contributed by atoms with Crippen molar-refractivity contribution < 1.29 is 0 Å². The Morgan fingerprint density at radius 1 is 1.20 bits per heavy atom. The highest BCUT2D eigenvalue weighted by Gasteiger charge is 2.28. The third kappa shape index (κ3) is 2.92. The zero-order valence-electron chi connectivity index (χ0n) is 9.99. The molecular weight excluding hydrogens is 186 g/mol. The van der Waals surface area contributed by atoms with Crippen LogP contribution in [0.3, 0.4) is 0 Å². The molecule has 2 aliphatic rings. The van der Waals surface area contributed by atoms with Crippen molar-refractivity contribution in [2.24, 2.45) is 11.7 Å². The van der Waals surface area contributed by atoms with Crippen LogP contribution in [0.1, 0.15) is 25.7 Å². The first-order chi connectivity index (χ1) is 7.29. The maximum atomic E-state index is 5.87. The van der Waals surface area contributed by atoms with Crippen LogP contribution in [0.5, 0.6) is 0 Å². The average molecular weight is 211 g/mol. The molecule has 0 aromatic heterocycles. The Hall–Kier alpha value is -0.120. The van der Waals surface area contributed by atoms with E-state index in [0.29, 0.717) is 6.04 Å². The lowest BCUT2D eigenvalue weighted by Crippen LogP contribution is -2.52. The molecule has 0 aromatic carbocycles. The van der Waals surface area contributed by atoms with E-state index in [0.717, 1.165) is 12.5 Å². The van der Waals surface area contributed by atoms with Gasteiger partial charge in [0.05, 0.1) is 0 Å². The molecule has 0 amide bonds. The highest BCUT2D eigenvalue weighted by molar-refractivity contribution is 4.84. The van der Waals surface area contributed by atoms with Gasteiger partial charge in [-0.15, -0.1) is 0 Å². The molecule has 2 rings (SSSR count). The smallest absolute Gasteiger partial charge is 0.0218 e. The Morgan fingerprint density at radius 2 is 2.00 bits per heavy atom. The maximum absolute atomic E-state index is 5.87. The van der Waals surface area contributed by atoms with Gasteiger partial charge in [0.25, 0.3) is 0 Å². The zero-order chi connectivity index (χ0) is 10.7. The molecule has 1 unspecified atom stereocenters. The van der Waals surface area contributed by atoms with Gasteiger partial charge in [-0.05, 0) is 32.4 Å². The molecule has 3 heteroatoms. The van der Waals surface area contributed by atoms with Gasteiger partial charge >= 0.3 is 0 Å². The van der Waals surface area contributed by atoms with E-state index < -0.39 is 0 Å². The molecule has 0 aromatic rings. The van der Waals surface area contributed by atoms with Gasteiger partial charge in [0.1, 0.15) is 0 Å². The molecule has 15 heavy (non-hydrogen) atoms. The Balaban J connectivity index is 1.81. The average Bonchev–Trinajstić information content (AvgIpc) is 2.40. The Labute approximate surface area is 93.6 Å². The van der Waals surface area contributed by atoms with Crippen LogP contribution in [0.15, 0.2) is 0 Å². The third-order valence-corrected chi connectivity index (χ3v) is 3.90. The minimum absolute atomic E-state index is 0.665. The molecule has 1 atom stereocenters. The van der Waals surface area contributed by atoms with Crippen molar-refractivity contribution in [1.29, 1.82) is 0 Å². The summed E-state index contributed by atoms with van der Waals surface area (Å²) in [6.07, 6.45) is 5.47. The zero-order valence-corrected chi connectivity index (χ0v) is 9.99. The van der Waals surface area contributed by atoms with Crippen molar-refractivity contribution in [2.45, 2.75) is 31.7 Å². The number of hydrogen-bond donors (Lipinski definition) is 1. The number of nitrogens with zero attached hydrogens (tertiary/aromatic N) is 2. The number of rotatable bonds is 3. The van der Waals surface area contributed by atoms with E-state index in [9.17, 15) is 0 Å². The van der Waals surface area contributed by atoms with Crippen LogP contribution >= 0.6 is 0 Å². The lowest BCUT2D eigenvalue weighted by atomic mass is 9.99. The highest BCUT2D eigenvalue weighted by Crippen LogP contribution is 2.20.